The molecule has 0 radical (unpaired) electrons. The number of hydrogen-bond acceptors (Lipinski definition) is 4. The van der Waals surface area contributed by atoms with E-state index in [0.717, 1.165) is 12.8 Å². The minimum atomic E-state index is -1.03. The average Bonchev–Trinajstić information content (AvgIpc) is 2.34. The van der Waals surface area contributed by atoms with Gasteiger partial charge >= 0.3 is 5.97 Å². The Morgan fingerprint density at radius 1 is 1.39 bits per heavy atom. The summed E-state index contributed by atoms with van der Waals surface area (Å²) in [6.45, 7) is 0. The fourth-order valence-corrected chi connectivity index (χ4v) is 3.33. The van der Waals surface area contributed by atoms with Crippen LogP contribution in [0.5, 0.6) is 0 Å². The van der Waals surface area contributed by atoms with Crippen molar-refractivity contribution >= 4 is 28.1 Å². The minimum absolute atomic E-state index is 0.111. The Hall–Kier alpha value is -1.56. The molecule has 0 aliphatic carbocycles. The van der Waals surface area contributed by atoms with Gasteiger partial charge in [0.05, 0.1) is 16.9 Å². The lowest BCUT2D eigenvalue weighted by molar-refractivity contribution is 0.0698. The predicted octanol–water partition coefficient (Wildman–Crippen LogP) is 1.29. The first-order valence-corrected chi connectivity index (χ1v) is 7.30. The van der Waals surface area contributed by atoms with Gasteiger partial charge in [0.15, 0.2) is 0 Å². The molecule has 1 fully saturated rings. The first kappa shape index (κ1) is 12.9. The molecule has 1 heterocycles. The molecule has 0 amide bonds. The fraction of sp³-hybridized carbons (Fsp3) is 0.417. The molecule has 1 aromatic carbocycles. The van der Waals surface area contributed by atoms with Crippen molar-refractivity contribution in [2.75, 3.05) is 22.6 Å². The van der Waals surface area contributed by atoms with Crippen LogP contribution in [0.4, 0.5) is 11.4 Å². The largest absolute Gasteiger partial charge is 0.478 e. The van der Waals surface area contributed by atoms with Crippen LogP contribution < -0.4 is 11.1 Å². The summed E-state index contributed by atoms with van der Waals surface area (Å²) >= 11 is 0. The first-order chi connectivity index (χ1) is 8.58. The molecule has 1 aromatic rings. The highest BCUT2D eigenvalue weighted by Gasteiger charge is 2.19. The Kier molecular flexibility index (Phi) is 3.86. The second-order valence-electron chi connectivity index (χ2n) is 4.34. The van der Waals surface area contributed by atoms with Crippen molar-refractivity contribution in [3.05, 3.63) is 23.8 Å². The minimum Gasteiger partial charge on any atom is -0.478 e. The van der Waals surface area contributed by atoms with Crippen LogP contribution in [-0.2, 0) is 10.8 Å². The zero-order valence-corrected chi connectivity index (χ0v) is 10.7. The van der Waals surface area contributed by atoms with E-state index >= 15 is 0 Å². The van der Waals surface area contributed by atoms with Gasteiger partial charge in [0, 0.05) is 28.3 Å². The van der Waals surface area contributed by atoms with E-state index in [1.807, 2.05) is 0 Å². The topological polar surface area (TPSA) is 92.4 Å². The number of aromatic carboxylic acids is 1. The number of nitrogens with one attached hydrogen (secondary N) is 1. The van der Waals surface area contributed by atoms with Gasteiger partial charge < -0.3 is 16.2 Å². The summed E-state index contributed by atoms with van der Waals surface area (Å²) in [7, 11) is -0.701. The predicted molar refractivity (Wildman–Crippen MR) is 72.3 cm³/mol. The number of nitrogen functional groups attached to an aromatic ring is 1. The Morgan fingerprint density at radius 3 is 2.67 bits per heavy atom. The molecule has 98 valence electrons. The number of nitrogens with two attached hydrogens (primary N) is 1. The lowest BCUT2D eigenvalue weighted by atomic mass is 10.1. The van der Waals surface area contributed by atoms with Gasteiger partial charge in [0.25, 0.3) is 0 Å². The average molecular weight is 268 g/mol. The normalized spacial score (nSPS) is 23.6. The van der Waals surface area contributed by atoms with Crippen LogP contribution in [0.2, 0.25) is 0 Å². The quantitative estimate of drug-likeness (QED) is 0.718. The van der Waals surface area contributed by atoms with Crippen LogP contribution in [-0.4, -0.2) is 32.8 Å². The summed E-state index contributed by atoms with van der Waals surface area (Å²) in [6.07, 6.45) is 1.65. The molecule has 1 saturated heterocycles. The van der Waals surface area contributed by atoms with E-state index in [9.17, 15) is 9.00 Å². The molecule has 0 bridgehead atoms. The van der Waals surface area contributed by atoms with Gasteiger partial charge in [-0.25, -0.2) is 4.79 Å². The number of carbonyl (C=O) groups is 1. The van der Waals surface area contributed by atoms with E-state index in [1.54, 1.807) is 12.1 Å². The first-order valence-electron chi connectivity index (χ1n) is 5.81. The third-order valence-corrected chi connectivity index (χ3v) is 4.47. The smallest absolute Gasteiger partial charge is 0.337 e. The molecule has 0 saturated carbocycles. The van der Waals surface area contributed by atoms with Crippen LogP contribution in [0.15, 0.2) is 18.2 Å². The second-order valence-corrected chi connectivity index (χ2v) is 6.03. The monoisotopic (exact) mass is 268 g/mol. The molecule has 6 heteroatoms. The highest BCUT2D eigenvalue weighted by Crippen LogP contribution is 2.25. The van der Waals surface area contributed by atoms with Gasteiger partial charge in [-0.2, -0.15) is 0 Å². The van der Waals surface area contributed by atoms with Crippen molar-refractivity contribution in [2.24, 2.45) is 0 Å². The molecule has 0 aromatic heterocycles. The summed E-state index contributed by atoms with van der Waals surface area (Å²) in [4.78, 5) is 11.0. The molecule has 1 aliphatic heterocycles. The number of carboxylic acids is 1. The van der Waals surface area contributed by atoms with Crippen molar-refractivity contribution in [1.82, 2.24) is 0 Å². The number of rotatable bonds is 3. The van der Waals surface area contributed by atoms with E-state index in [1.165, 1.54) is 6.07 Å². The number of hydrogen-bond donors (Lipinski definition) is 3. The van der Waals surface area contributed by atoms with Crippen LogP contribution in [0.3, 0.4) is 0 Å². The lowest BCUT2D eigenvalue weighted by Gasteiger charge is -2.24. The molecule has 4 N–H and O–H groups in total. The van der Waals surface area contributed by atoms with Crippen molar-refractivity contribution in [1.29, 1.82) is 0 Å². The SMILES string of the molecule is Nc1c(NC2CCS(=O)CC2)cccc1C(=O)O. The number of carboxylic acid groups (broad SMARTS) is 1. The molecule has 18 heavy (non-hydrogen) atoms. The van der Waals surface area contributed by atoms with Gasteiger partial charge in [-0.05, 0) is 25.0 Å². The molecule has 0 unspecified atom stereocenters. The van der Waals surface area contributed by atoms with Gasteiger partial charge in [0.1, 0.15) is 0 Å². The highest BCUT2D eigenvalue weighted by atomic mass is 32.2. The van der Waals surface area contributed by atoms with E-state index in [-0.39, 0.29) is 17.3 Å². The summed E-state index contributed by atoms with van der Waals surface area (Å²) in [5.74, 6) is 0.354. The molecular formula is C12H16N2O3S. The van der Waals surface area contributed by atoms with Crippen LogP contribution in [0, 0.1) is 0 Å². The lowest BCUT2D eigenvalue weighted by Crippen LogP contribution is -2.29. The fourth-order valence-electron chi connectivity index (χ4n) is 2.04. The maximum absolute atomic E-state index is 11.3. The number of anilines is 2. The van der Waals surface area contributed by atoms with Crippen molar-refractivity contribution in [2.45, 2.75) is 18.9 Å². The van der Waals surface area contributed by atoms with Crippen molar-refractivity contribution in [3.8, 4) is 0 Å². The number of para-hydroxylation sites is 1. The summed E-state index contributed by atoms with van der Waals surface area (Å²) in [5.41, 5.74) is 6.84. The van der Waals surface area contributed by atoms with E-state index in [0.29, 0.717) is 17.2 Å². The second kappa shape index (κ2) is 5.39. The van der Waals surface area contributed by atoms with Gasteiger partial charge in [-0.15, -0.1) is 0 Å². The van der Waals surface area contributed by atoms with Crippen LogP contribution >= 0.6 is 0 Å². The molecule has 1 aliphatic rings. The van der Waals surface area contributed by atoms with Crippen molar-refractivity contribution < 1.29 is 14.1 Å². The summed E-state index contributed by atoms with van der Waals surface area (Å²) in [6, 6.07) is 5.14. The zero-order valence-electron chi connectivity index (χ0n) is 9.89. The van der Waals surface area contributed by atoms with Gasteiger partial charge in [-0.3, -0.25) is 4.21 Å². The maximum Gasteiger partial charge on any atom is 0.337 e. The molecule has 0 atom stereocenters. The Labute approximate surface area is 108 Å². The van der Waals surface area contributed by atoms with Crippen LogP contribution in [0.25, 0.3) is 0 Å². The number of benzene rings is 1. The highest BCUT2D eigenvalue weighted by molar-refractivity contribution is 7.85. The summed E-state index contributed by atoms with van der Waals surface area (Å²) in [5, 5.41) is 12.2. The Balaban J connectivity index is 2.12. The van der Waals surface area contributed by atoms with Crippen molar-refractivity contribution in [3.63, 3.8) is 0 Å². The standard InChI is InChI=1S/C12H16N2O3S/c13-11-9(12(15)16)2-1-3-10(11)14-8-4-6-18(17)7-5-8/h1-3,8,14H,4-7,13H2,(H,15,16). The van der Waals surface area contributed by atoms with E-state index < -0.39 is 16.8 Å². The molecule has 2 rings (SSSR count). The van der Waals surface area contributed by atoms with E-state index in [2.05, 4.69) is 5.32 Å². The van der Waals surface area contributed by atoms with Gasteiger partial charge in [0.2, 0.25) is 0 Å². The zero-order chi connectivity index (χ0) is 13.1. The molecule has 5 nitrogen and oxygen atoms in total. The third kappa shape index (κ3) is 2.81. The third-order valence-electron chi connectivity index (χ3n) is 3.08. The van der Waals surface area contributed by atoms with Crippen LogP contribution in [0.1, 0.15) is 23.2 Å². The molecule has 0 spiro atoms. The Bertz CT molecular complexity index is 480. The Morgan fingerprint density at radius 2 is 2.06 bits per heavy atom. The molecular weight excluding hydrogens is 252 g/mol. The van der Waals surface area contributed by atoms with Gasteiger partial charge in [-0.1, -0.05) is 6.07 Å². The summed E-state index contributed by atoms with van der Waals surface area (Å²) < 4.78 is 11.3. The van der Waals surface area contributed by atoms with E-state index in [4.69, 9.17) is 10.8 Å². The maximum atomic E-state index is 11.3.